The van der Waals surface area contributed by atoms with Crippen molar-refractivity contribution in [2.45, 2.75) is 0 Å². The fourth-order valence-corrected chi connectivity index (χ4v) is 4.02. The predicted octanol–water partition coefficient (Wildman–Crippen LogP) is 6.04. The summed E-state index contributed by atoms with van der Waals surface area (Å²) < 4.78 is 0. The molecule has 0 radical (unpaired) electrons. The monoisotopic (exact) mass is 535 g/mol. The van der Waals surface area contributed by atoms with Gasteiger partial charge in [-0.3, -0.25) is 14.4 Å². The molecule has 0 unspecified atom stereocenters. The maximum atomic E-state index is 13.0. The van der Waals surface area contributed by atoms with Crippen molar-refractivity contribution < 1.29 is 19.5 Å². The number of benzene rings is 3. The summed E-state index contributed by atoms with van der Waals surface area (Å²) in [5, 5.41) is 14.9. The molecule has 3 amide bonds. The van der Waals surface area contributed by atoms with Crippen molar-refractivity contribution in [3.8, 4) is 5.75 Å². The number of halogens is 4. The van der Waals surface area contributed by atoms with Crippen molar-refractivity contribution in [3.63, 3.8) is 0 Å². The second-order valence-electron chi connectivity index (χ2n) is 7.06. The zero-order valence-electron chi connectivity index (χ0n) is 16.9. The van der Waals surface area contributed by atoms with Crippen molar-refractivity contribution in [3.05, 3.63) is 92.0 Å². The number of hydrogen-bond acceptors (Lipinski definition) is 5. The molecule has 0 atom stereocenters. The Morgan fingerprint density at radius 2 is 1.47 bits per heavy atom. The lowest BCUT2D eigenvalue weighted by atomic mass is 10.1. The standard InChI is InChI=1S/C23H13Cl4N3O4/c24-15-9-17(26)18(10-16(15)25)30-22(33)19(27)20(23(30)34)28-12-4-1-3-11(7-12)21(32)29-13-5-2-6-14(31)8-13/h1-10,28,31H,(H,29,32). The predicted molar refractivity (Wildman–Crippen MR) is 133 cm³/mol. The Balaban J connectivity index is 1.57. The van der Waals surface area contributed by atoms with Crippen LogP contribution in [0.4, 0.5) is 17.1 Å². The molecule has 0 saturated carbocycles. The number of carbonyl (C=O) groups excluding carboxylic acids is 3. The number of aromatic hydroxyl groups is 1. The number of phenolic OH excluding ortho intramolecular Hbond substituents is 1. The number of imide groups is 1. The first-order valence-electron chi connectivity index (χ1n) is 9.56. The van der Waals surface area contributed by atoms with Gasteiger partial charge >= 0.3 is 0 Å². The molecule has 4 rings (SSSR count). The van der Waals surface area contributed by atoms with Gasteiger partial charge in [0.15, 0.2) is 0 Å². The summed E-state index contributed by atoms with van der Waals surface area (Å²) in [6.45, 7) is 0. The maximum absolute atomic E-state index is 13.0. The van der Waals surface area contributed by atoms with Crippen LogP contribution >= 0.6 is 46.4 Å². The molecular formula is C23H13Cl4N3O4. The molecule has 172 valence electrons. The molecule has 0 fully saturated rings. The molecule has 3 N–H and O–H groups in total. The van der Waals surface area contributed by atoms with Gasteiger partial charge in [-0.1, -0.05) is 58.5 Å². The smallest absolute Gasteiger partial charge is 0.283 e. The molecule has 3 aromatic rings. The Kier molecular flexibility index (Phi) is 6.72. The molecule has 1 aliphatic heterocycles. The van der Waals surface area contributed by atoms with E-state index in [2.05, 4.69) is 10.6 Å². The summed E-state index contributed by atoms with van der Waals surface area (Å²) in [5.74, 6) is -2.00. The van der Waals surface area contributed by atoms with E-state index in [1.54, 1.807) is 30.3 Å². The SMILES string of the molecule is O=C(Nc1cccc(O)c1)c1cccc(NC2=C(Cl)C(=O)N(c3cc(Cl)c(Cl)cc3Cl)C2=O)c1. The lowest BCUT2D eigenvalue weighted by Crippen LogP contribution is -2.32. The van der Waals surface area contributed by atoms with E-state index in [0.717, 1.165) is 4.90 Å². The maximum Gasteiger partial charge on any atom is 0.283 e. The van der Waals surface area contributed by atoms with Crippen LogP contribution in [-0.2, 0) is 9.59 Å². The van der Waals surface area contributed by atoms with Crippen LogP contribution in [-0.4, -0.2) is 22.8 Å². The van der Waals surface area contributed by atoms with Crippen LogP contribution in [0.1, 0.15) is 10.4 Å². The van der Waals surface area contributed by atoms with Crippen molar-refractivity contribution >= 4 is 81.2 Å². The topological polar surface area (TPSA) is 98.7 Å². The second-order valence-corrected chi connectivity index (χ2v) is 8.66. The largest absolute Gasteiger partial charge is 0.508 e. The second kappa shape index (κ2) is 9.56. The summed E-state index contributed by atoms with van der Waals surface area (Å²) in [7, 11) is 0. The van der Waals surface area contributed by atoms with E-state index in [0.29, 0.717) is 11.4 Å². The molecule has 0 aliphatic carbocycles. The van der Waals surface area contributed by atoms with E-state index in [1.165, 1.54) is 30.3 Å². The Hall–Kier alpha value is -3.23. The van der Waals surface area contributed by atoms with Gasteiger partial charge in [0, 0.05) is 23.0 Å². The van der Waals surface area contributed by atoms with Gasteiger partial charge in [0.1, 0.15) is 16.5 Å². The van der Waals surface area contributed by atoms with E-state index >= 15 is 0 Å². The molecule has 11 heteroatoms. The van der Waals surface area contributed by atoms with Crippen molar-refractivity contribution in [1.82, 2.24) is 0 Å². The average Bonchev–Trinajstić information content (AvgIpc) is 3.00. The van der Waals surface area contributed by atoms with Gasteiger partial charge in [-0.25, -0.2) is 4.90 Å². The zero-order valence-corrected chi connectivity index (χ0v) is 19.9. The number of rotatable bonds is 5. The fourth-order valence-electron chi connectivity index (χ4n) is 3.18. The quantitative estimate of drug-likeness (QED) is 0.273. The molecular weight excluding hydrogens is 524 g/mol. The molecule has 1 heterocycles. The summed E-state index contributed by atoms with van der Waals surface area (Å²) >= 11 is 24.3. The summed E-state index contributed by atoms with van der Waals surface area (Å²) in [6.07, 6.45) is 0. The highest BCUT2D eigenvalue weighted by molar-refractivity contribution is 6.54. The number of amides is 3. The highest BCUT2D eigenvalue weighted by atomic mass is 35.5. The number of hydrogen-bond donors (Lipinski definition) is 3. The Labute approximate surface area is 213 Å². The fraction of sp³-hybridized carbons (Fsp3) is 0. The van der Waals surface area contributed by atoms with Gasteiger partial charge in [0.25, 0.3) is 17.7 Å². The minimum absolute atomic E-state index is 0.00541. The first kappa shape index (κ1) is 23.9. The van der Waals surface area contributed by atoms with Crippen LogP contribution in [0.15, 0.2) is 71.4 Å². The average molecular weight is 537 g/mol. The molecule has 0 spiro atoms. The summed E-state index contributed by atoms with van der Waals surface area (Å²) in [5.41, 5.74) is 0.825. The first-order valence-corrected chi connectivity index (χ1v) is 11.1. The van der Waals surface area contributed by atoms with E-state index in [1.807, 2.05) is 0 Å². The Morgan fingerprint density at radius 1 is 0.794 bits per heavy atom. The third kappa shape index (κ3) is 4.69. The minimum atomic E-state index is -0.799. The zero-order chi connectivity index (χ0) is 24.6. The number of nitrogens with one attached hydrogen (secondary N) is 2. The summed E-state index contributed by atoms with van der Waals surface area (Å²) in [6, 6.07) is 14.9. The highest BCUT2D eigenvalue weighted by Crippen LogP contribution is 2.38. The number of anilines is 3. The Bertz CT molecular complexity index is 1390. The van der Waals surface area contributed by atoms with Crippen LogP contribution in [0.25, 0.3) is 0 Å². The molecule has 3 aromatic carbocycles. The molecule has 0 saturated heterocycles. The third-order valence-corrected chi connectivity index (χ3v) is 6.13. The first-order chi connectivity index (χ1) is 16.2. The Morgan fingerprint density at radius 3 is 2.21 bits per heavy atom. The normalized spacial score (nSPS) is 13.5. The molecule has 0 bridgehead atoms. The van der Waals surface area contributed by atoms with E-state index in [-0.39, 0.29) is 42.8 Å². The lowest BCUT2D eigenvalue weighted by molar-refractivity contribution is -0.120. The van der Waals surface area contributed by atoms with E-state index in [4.69, 9.17) is 46.4 Å². The van der Waals surface area contributed by atoms with Gasteiger partial charge in [0.05, 0.1) is 20.8 Å². The number of nitrogens with zero attached hydrogens (tertiary/aromatic N) is 1. The van der Waals surface area contributed by atoms with Gasteiger partial charge in [-0.15, -0.1) is 0 Å². The summed E-state index contributed by atoms with van der Waals surface area (Å²) in [4.78, 5) is 39.2. The van der Waals surface area contributed by atoms with Gasteiger partial charge in [0.2, 0.25) is 0 Å². The minimum Gasteiger partial charge on any atom is -0.508 e. The molecule has 1 aliphatic rings. The van der Waals surface area contributed by atoms with Crippen LogP contribution in [0.2, 0.25) is 15.1 Å². The lowest BCUT2D eigenvalue weighted by Gasteiger charge is -2.17. The molecule has 34 heavy (non-hydrogen) atoms. The number of phenols is 1. The van der Waals surface area contributed by atoms with Crippen LogP contribution in [0.3, 0.4) is 0 Å². The number of carbonyl (C=O) groups is 3. The van der Waals surface area contributed by atoms with E-state index < -0.39 is 17.7 Å². The highest BCUT2D eigenvalue weighted by Gasteiger charge is 2.40. The van der Waals surface area contributed by atoms with Crippen molar-refractivity contribution in [2.24, 2.45) is 0 Å². The van der Waals surface area contributed by atoms with Crippen LogP contribution < -0.4 is 15.5 Å². The molecule has 0 aromatic heterocycles. The van der Waals surface area contributed by atoms with Crippen LogP contribution in [0, 0.1) is 0 Å². The van der Waals surface area contributed by atoms with Gasteiger partial charge in [-0.05, 0) is 42.5 Å². The van der Waals surface area contributed by atoms with E-state index in [9.17, 15) is 19.5 Å². The molecule has 7 nitrogen and oxygen atoms in total. The van der Waals surface area contributed by atoms with Gasteiger partial charge < -0.3 is 15.7 Å². The van der Waals surface area contributed by atoms with Gasteiger partial charge in [-0.2, -0.15) is 0 Å². The van der Waals surface area contributed by atoms with Crippen molar-refractivity contribution in [2.75, 3.05) is 15.5 Å². The van der Waals surface area contributed by atoms with Crippen LogP contribution in [0.5, 0.6) is 5.75 Å². The third-order valence-electron chi connectivity index (χ3n) is 4.76. The van der Waals surface area contributed by atoms with Crippen molar-refractivity contribution in [1.29, 1.82) is 0 Å².